The molecule has 22 heavy (non-hydrogen) atoms. The van der Waals surface area contributed by atoms with Gasteiger partial charge in [-0.15, -0.1) is 0 Å². The number of nitrogens with one attached hydrogen (secondary N) is 1. The van der Waals surface area contributed by atoms with E-state index in [0.29, 0.717) is 0 Å². The number of nitrogens with zero attached hydrogens (tertiary/aromatic N) is 1. The van der Waals surface area contributed by atoms with E-state index in [9.17, 15) is 9.59 Å². The summed E-state index contributed by atoms with van der Waals surface area (Å²) in [6, 6.07) is 5.11. The second kappa shape index (κ2) is 6.24. The van der Waals surface area contributed by atoms with Crippen LogP contribution >= 0.6 is 0 Å². The van der Waals surface area contributed by atoms with E-state index in [2.05, 4.69) is 5.32 Å². The fourth-order valence-corrected chi connectivity index (χ4v) is 4.07. The van der Waals surface area contributed by atoms with Gasteiger partial charge >= 0.3 is 0 Å². The Balaban J connectivity index is 1.62. The number of aromatic nitrogens is 1. The van der Waals surface area contributed by atoms with Crippen LogP contribution < -0.4 is 10.9 Å². The molecule has 2 atom stereocenters. The molecule has 0 aromatic carbocycles. The van der Waals surface area contributed by atoms with Crippen LogP contribution in [0.4, 0.5) is 0 Å². The molecular weight excluding hydrogens is 280 g/mol. The van der Waals surface area contributed by atoms with Crippen molar-refractivity contribution in [3.63, 3.8) is 0 Å². The van der Waals surface area contributed by atoms with Crippen LogP contribution in [-0.2, 0) is 16.1 Å². The van der Waals surface area contributed by atoms with E-state index in [-0.39, 0.29) is 35.6 Å². The number of pyridine rings is 1. The van der Waals surface area contributed by atoms with E-state index in [0.717, 1.165) is 25.9 Å². The molecule has 1 amide bonds. The van der Waals surface area contributed by atoms with Crippen LogP contribution in [0.25, 0.3) is 0 Å². The third-order valence-electron chi connectivity index (χ3n) is 5.24. The number of amides is 1. The molecule has 1 aromatic rings. The van der Waals surface area contributed by atoms with E-state index in [1.165, 1.54) is 23.5 Å². The molecule has 0 unspecified atom stereocenters. The fraction of sp³-hybridized carbons (Fsp3) is 0.647. The summed E-state index contributed by atoms with van der Waals surface area (Å²) in [5.74, 6) is -0.0838. The maximum absolute atomic E-state index is 12.3. The van der Waals surface area contributed by atoms with Crippen LogP contribution in [-0.4, -0.2) is 29.2 Å². The van der Waals surface area contributed by atoms with E-state index in [4.69, 9.17) is 4.74 Å². The van der Waals surface area contributed by atoms with Crippen molar-refractivity contribution in [3.8, 4) is 0 Å². The third-order valence-corrected chi connectivity index (χ3v) is 5.24. The van der Waals surface area contributed by atoms with Crippen molar-refractivity contribution in [2.24, 2.45) is 5.41 Å². The van der Waals surface area contributed by atoms with Crippen molar-refractivity contribution < 1.29 is 9.53 Å². The Kier molecular flexibility index (Phi) is 4.34. The van der Waals surface area contributed by atoms with E-state index >= 15 is 0 Å². The largest absolute Gasteiger partial charge is 0.378 e. The molecule has 0 bridgehead atoms. The van der Waals surface area contributed by atoms with Gasteiger partial charge in [-0.1, -0.05) is 18.9 Å². The second-order valence-electron chi connectivity index (χ2n) is 6.41. The topological polar surface area (TPSA) is 60.3 Å². The summed E-state index contributed by atoms with van der Waals surface area (Å²) in [5.41, 5.74) is -0.0122. The van der Waals surface area contributed by atoms with Gasteiger partial charge in [0.1, 0.15) is 6.54 Å². The molecule has 1 heterocycles. The van der Waals surface area contributed by atoms with Crippen LogP contribution in [0.15, 0.2) is 29.2 Å². The Morgan fingerprint density at radius 2 is 2.18 bits per heavy atom. The number of carbonyl (C=O) groups is 1. The highest BCUT2D eigenvalue weighted by molar-refractivity contribution is 5.76. The predicted octanol–water partition coefficient (Wildman–Crippen LogP) is 1.70. The number of rotatable bonds is 5. The lowest BCUT2D eigenvalue weighted by Gasteiger charge is -2.54. The SMILES string of the molecule is CCO[C@@H]1C[C@@H](NC(=O)Cn2ccccc2=O)C12CCCC2. The van der Waals surface area contributed by atoms with Gasteiger partial charge in [0.25, 0.3) is 5.56 Å². The Hall–Kier alpha value is -1.62. The lowest BCUT2D eigenvalue weighted by molar-refractivity contribution is -0.144. The van der Waals surface area contributed by atoms with Crippen molar-refractivity contribution in [2.45, 2.75) is 57.7 Å². The lowest BCUT2D eigenvalue weighted by Crippen LogP contribution is -2.64. The van der Waals surface area contributed by atoms with E-state index in [1.807, 2.05) is 6.92 Å². The van der Waals surface area contributed by atoms with Crippen LogP contribution in [0, 0.1) is 5.41 Å². The summed E-state index contributed by atoms with van der Waals surface area (Å²) in [4.78, 5) is 23.9. The highest BCUT2D eigenvalue weighted by Gasteiger charge is 2.57. The summed E-state index contributed by atoms with van der Waals surface area (Å²) in [5, 5.41) is 3.13. The lowest BCUT2D eigenvalue weighted by atomic mass is 9.60. The van der Waals surface area contributed by atoms with Gasteiger partial charge in [-0.2, -0.15) is 0 Å². The van der Waals surface area contributed by atoms with Crippen LogP contribution in [0.3, 0.4) is 0 Å². The Morgan fingerprint density at radius 3 is 2.86 bits per heavy atom. The fourth-order valence-electron chi connectivity index (χ4n) is 4.07. The first-order chi connectivity index (χ1) is 10.7. The monoisotopic (exact) mass is 304 g/mol. The highest BCUT2D eigenvalue weighted by Crippen LogP contribution is 2.54. The van der Waals surface area contributed by atoms with Gasteiger partial charge in [0.05, 0.1) is 6.10 Å². The Bertz CT molecular complexity index is 590. The minimum absolute atomic E-state index is 0.0838. The quantitative estimate of drug-likeness (QED) is 0.901. The molecule has 3 rings (SSSR count). The van der Waals surface area contributed by atoms with Gasteiger partial charge in [-0.05, 0) is 32.3 Å². The zero-order valence-electron chi connectivity index (χ0n) is 13.1. The van der Waals surface area contributed by atoms with Crippen molar-refractivity contribution >= 4 is 5.91 Å². The first kappa shape index (κ1) is 15.3. The number of ether oxygens (including phenoxy) is 1. The molecule has 2 saturated carbocycles. The molecule has 120 valence electrons. The normalized spacial score (nSPS) is 25.9. The van der Waals surface area contributed by atoms with Crippen molar-refractivity contribution in [1.29, 1.82) is 0 Å². The average Bonchev–Trinajstić information content (AvgIpc) is 3.01. The van der Waals surface area contributed by atoms with E-state index in [1.54, 1.807) is 18.3 Å². The molecule has 1 spiro atoms. The second-order valence-corrected chi connectivity index (χ2v) is 6.41. The predicted molar refractivity (Wildman–Crippen MR) is 83.6 cm³/mol. The van der Waals surface area contributed by atoms with Gasteiger partial charge < -0.3 is 14.6 Å². The van der Waals surface area contributed by atoms with Crippen molar-refractivity contribution in [1.82, 2.24) is 9.88 Å². The smallest absolute Gasteiger partial charge is 0.250 e. The molecule has 5 heteroatoms. The van der Waals surface area contributed by atoms with Crippen LogP contribution in [0.1, 0.15) is 39.0 Å². The Labute approximate surface area is 130 Å². The molecule has 2 aliphatic rings. The van der Waals surface area contributed by atoms with Crippen molar-refractivity contribution in [3.05, 3.63) is 34.7 Å². The van der Waals surface area contributed by atoms with Crippen LogP contribution in [0.2, 0.25) is 0 Å². The van der Waals surface area contributed by atoms with E-state index < -0.39 is 0 Å². The van der Waals surface area contributed by atoms with Crippen molar-refractivity contribution in [2.75, 3.05) is 6.61 Å². The number of carbonyl (C=O) groups excluding carboxylic acids is 1. The van der Waals surface area contributed by atoms with Crippen LogP contribution in [0.5, 0.6) is 0 Å². The zero-order chi connectivity index (χ0) is 15.6. The summed E-state index contributed by atoms with van der Waals surface area (Å²) >= 11 is 0. The van der Waals surface area contributed by atoms with Gasteiger partial charge in [0.2, 0.25) is 5.91 Å². The summed E-state index contributed by atoms with van der Waals surface area (Å²) < 4.78 is 7.30. The molecule has 0 saturated heterocycles. The minimum Gasteiger partial charge on any atom is -0.378 e. The molecular formula is C17H24N2O3. The summed E-state index contributed by atoms with van der Waals surface area (Å²) in [7, 11) is 0. The zero-order valence-corrected chi connectivity index (χ0v) is 13.1. The molecule has 2 aliphatic carbocycles. The number of hydrogen-bond donors (Lipinski definition) is 1. The Morgan fingerprint density at radius 1 is 1.41 bits per heavy atom. The maximum Gasteiger partial charge on any atom is 0.250 e. The average molecular weight is 304 g/mol. The maximum atomic E-state index is 12.3. The molecule has 2 fully saturated rings. The first-order valence-corrected chi connectivity index (χ1v) is 8.22. The molecule has 0 aliphatic heterocycles. The van der Waals surface area contributed by atoms with Gasteiger partial charge in [0.15, 0.2) is 0 Å². The third kappa shape index (κ3) is 2.70. The van der Waals surface area contributed by atoms with Gasteiger partial charge in [-0.3, -0.25) is 9.59 Å². The molecule has 5 nitrogen and oxygen atoms in total. The highest BCUT2D eigenvalue weighted by atomic mass is 16.5. The van der Waals surface area contributed by atoms with Gasteiger partial charge in [-0.25, -0.2) is 0 Å². The number of hydrogen-bond acceptors (Lipinski definition) is 3. The summed E-state index contributed by atoms with van der Waals surface area (Å²) in [6.45, 7) is 2.84. The first-order valence-electron chi connectivity index (χ1n) is 8.22. The van der Waals surface area contributed by atoms with Gasteiger partial charge in [0, 0.05) is 30.3 Å². The standard InChI is InChI=1S/C17H24N2O3/c1-2-22-14-11-13(17(14)8-4-5-9-17)18-15(20)12-19-10-6-3-7-16(19)21/h3,6-7,10,13-14H,2,4-5,8-9,11-12H2,1H3,(H,18,20)/t13-,14-/m1/s1. The molecule has 0 radical (unpaired) electrons. The molecule has 1 N–H and O–H groups in total. The summed E-state index contributed by atoms with van der Waals surface area (Å²) in [6.07, 6.45) is 7.52. The minimum atomic E-state index is -0.144. The molecule has 1 aromatic heterocycles.